The molecule has 20 heavy (non-hydrogen) atoms. The number of aryl methyl sites for hydroxylation is 1. The van der Waals surface area contributed by atoms with E-state index in [4.69, 9.17) is 9.84 Å². The number of amides is 1. The molecule has 1 rings (SSSR count). The first-order valence-corrected chi connectivity index (χ1v) is 6.80. The zero-order valence-electron chi connectivity index (χ0n) is 11.7. The summed E-state index contributed by atoms with van der Waals surface area (Å²) in [6.45, 7) is 3.10. The largest absolute Gasteiger partial charge is 0.481 e. The topological polar surface area (TPSA) is 75.6 Å². The highest BCUT2D eigenvalue weighted by atomic mass is 16.5. The normalized spacial score (nSPS) is 10.2. The van der Waals surface area contributed by atoms with Crippen molar-refractivity contribution in [2.75, 3.05) is 18.5 Å². The fraction of sp³-hybridized carbons (Fsp3) is 0.467. The maximum atomic E-state index is 11.7. The highest BCUT2D eigenvalue weighted by molar-refractivity contribution is 5.90. The zero-order valence-corrected chi connectivity index (χ0v) is 11.7. The SMILES string of the molecule is CCCOCCC(=O)Nc1cccc(CCC(=O)O)c1. The van der Waals surface area contributed by atoms with Gasteiger partial charge in [0.15, 0.2) is 0 Å². The van der Waals surface area contributed by atoms with E-state index in [9.17, 15) is 9.59 Å². The molecule has 1 aromatic rings. The monoisotopic (exact) mass is 279 g/mol. The number of hydrogen-bond acceptors (Lipinski definition) is 3. The van der Waals surface area contributed by atoms with Gasteiger partial charge in [0, 0.05) is 18.7 Å². The van der Waals surface area contributed by atoms with Gasteiger partial charge in [0.1, 0.15) is 0 Å². The van der Waals surface area contributed by atoms with Gasteiger partial charge in [-0.15, -0.1) is 0 Å². The second-order valence-corrected chi connectivity index (χ2v) is 4.50. The molecule has 0 aromatic heterocycles. The third-order valence-corrected chi connectivity index (χ3v) is 2.66. The molecule has 0 heterocycles. The molecule has 0 aliphatic carbocycles. The smallest absolute Gasteiger partial charge is 0.303 e. The Morgan fingerprint density at radius 1 is 1.25 bits per heavy atom. The quantitative estimate of drug-likeness (QED) is 0.681. The number of anilines is 1. The van der Waals surface area contributed by atoms with Crippen molar-refractivity contribution in [3.05, 3.63) is 29.8 Å². The Morgan fingerprint density at radius 3 is 2.75 bits per heavy atom. The van der Waals surface area contributed by atoms with Crippen LogP contribution in [0.5, 0.6) is 0 Å². The van der Waals surface area contributed by atoms with Crippen LogP contribution in [-0.4, -0.2) is 30.2 Å². The van der Waals surface area contributed by atoms with Crippen LogP contribution in [0.15, 0.2) is 24.3 Å². The molecule has 5 heteroatoms. The number of carboxylic acids is 1. The predicted octanol–water partition coefficient (Wildman–Crippen LogP) is 2.46. The second kappa shape index (κ2) is 9.09. The lowest BCUT2D eigenvalue weighted by Crippen LogP contribution is -2.14. The zero-order chi connectivity index (χ0) is 14.8. The van der Waals surface area contributed by atoms with Gasteiger partial charge in [0.2, 0.25) is 5.91 Å². The van der Waals surface area contributed by atoms with E-state index < -0.39 is 5.97 Å². The lowest BCUT2D eigenvalue weighted by atomic mass is 10.1. The molecular formula is C15H21NO4. The van der Waals surface area contributed by atoms with Crippen molar-refractivity contribution in [1.82, 2.24) is 0 Å². The number of nitrogens with one attached hydrogen (secondary N) is 1. The van der Waals surface area contributed by atoms with Crippen LogP contribution in [0.2, 0.25) is 0 Å². The summed E-state index contributed by atoms with van der Waals surface area (Å²) in [5.74, 6) is -0.927. The van der Waals surface area contributed by atoms with Crippen LogP contribution in [0.1, 0.15) is 31.7 Å². The van der Waals surface area contributed by atoms with Crippen molar-refractivity contribution >= 4 is 17.6 Å². The third kappa shape index (κ3) is 6.89. The van der Waals surface area contributed by atoms with Crippen LogP contribution in [0.25, 0.3) is 0 Å². The molecule has 1 amide bonds. The summed E-state index contributed by atoms with van der Waals surface area (Å²) in [7, 11) is 0. The Labute approximate surface area is 118 Å². The first-order valence-electron chi connectivity index (χ1n) is 6.80. The summed E-state index contributed by atoms with van der Waals surface area (Å²) >= 11 is 0. The van der Waals surface area contributed by atoms with Crippen LogP contribution in [0.4, 0.5) is 5.69 Å². The van der Waals surface area contributed by atoms with E-state index in [0.29, 0.717) is 31.7 Å². The highest BCUT2D eigenvalue weighted by Gasteiger charge is 2.04. The molecule has 0 atom stereocenters. The number of carbonyl (C=O) groups excluding carboxylic acids is 1. The second-order valence-electron chi connectivity index (χ2n) is 4.50. The average Bonchev–Trinajstić information content (AvgIpc) is 2.42. The number of aliphatic carboxylic acids is 1. The lowest BCUT2D eigenvalue weighted by molar-refractivity contribution is -0.137. The predicted molar refractivity (Wildman–Crippen MR) is 76.8 cm³/mol. The maximum Gasteiger partial charge on any atom is 0.303 e. The molecule has 0 spiro atoms. The van der Waals surface area contributed by atoms with Crippen molar-refractivity contribution in [1.29, 1.82) is 0 Å². The molecule has 5 nitrogen and oxygen atoms in total. The molecule has 0 saturated heterocycles. The lowest BCUT2D eigenvalue weighted by Gasteiger charge is -2.07. The maximum absolute atomic E-state index is 11.7. The van der Waals surface area contributed by atoms with Crippen molar-refractivity contribution in [3.63, 3.8) is 0 Å². The van der Waals surface area contributed by atoms with E-state index in [1.165, 1.54) is 0 Å². The summed E-state index contributed by atoms with van der Waals surface area (Å²) in [5, 5.41) is 11.4. The minimum atomic E-state index is -0.826. The molecular weight excluding hydrogens is 258 g/mol. The molecule has 0 aliphatic heterocycles. The van der Waals surface area contributed by atoms with Crippen molar-refractivity contribution < 1.29 is 19.4 Å². The summed E-state index contributed by atoms with van der Waals surface area (Å²) in [6, 6.07) is 7.24. The van der Waals surface area contributed by atoms with E-state index in [1.807, 2.05) is 13.0 Å². The Morgan fingerprint density at radius 2 is 2.05 bits per heavy atom. The summed E-state index contributed by atoms with van der Waals surface area (Å²) in [6.07, 6.45) is 1.80. The van der Waals surface area contributed by atoms with Crippen LogP contribution in [0, 0.1) is 0 Å². The fourth-order valence-electron chi connectivity index (χ4n) is 1.69. The van der Waals surface area contributed by atoms with Gasteiger partial charge in [-0.05, 0) is 30.5 Å². The van der Waals surface area contributed by atoms with Crippen LogP contribution >= 0.6 is 0 Å². The van der Waals surface area contributed by atoms with Gasteiger partial charge < -0.3 is 15.2 Å². The van der Waals surface area contributed by atoms with Gasteiger partial charge in [0.25, 0.3) is 0 Å². The first-order chi connectivity index (χ1) is 9.61. The van der Waals surface area contributed by atoms with Crippen molar-refractivity contribution in [3.8, 4) is 0 Å². The molecule has 0 unspecified atom stereocenters. The molecule has 1 aromatic carbocycles. The van der Waals surface area contributed by atoms with Crippen molar-refractivity contribution in [2.45, 2.75) is 32.6 Å². The minimum absolute atomic E-state index is 0.0856. The Balaban J connectivity index is 2.40. The van der Waals surface area contributed by atoms with Gasteiger partial charge in [-0.3, -0.25) is 9.59 Å². The van der Waals surface area contributed by atoms with E-state index in [2.05, 4.69) is 5.32 Å². The van der Waals surface area contributed by atoms with Gasteiger partial charge in [0.05, 0.1) is 13.0 Å². The Bertz CT molecular complexity index is 445. The van der Waals surface area contributed by atoms with E-state index in [1.54, 1.807) is 18.2 Å². The molecule has 0 saturated carbocycles. The molecule has 0 aliphatic rings. The third-order valence-electron chi connectivity index (χ3n) is 2.66. The van der Waals surface area contributed by atoms with E-state index in [0.717, 1.165) is 12.0 Å². The summed E-state index contributed by atoms with van der Waals surface area (Å²) in [4.78, 5) is 22.2. The molecule has 0 fully saturated rings. The number of benzene rings is 1. The van der Waals surface area contributed by atoms with Gasteiger partial charge in [-0.2, -0.15) is 0 Å². The van der Waals surface area contributed by atoms with E-state index in [-0.39, 0.29) is 12.3 Å². The first kappa shape index (κ1) is 16.2. The van der Waals surface area contributed by atoms with Gasteiger partial charge in [-0.25, -0.2) is 0 Å². The van der Waals surface area contributed by atoms with Crippen LogP contribution in [0.3, 0.4) is 0 Å². The standard InChI is InChI=1S/C15H21NO4/c1-2-9-20-10-8-14(17)16-13-5-3-4-12(11-13)6-7-15(18)19/h3-5,11H,2,6-10H2,1H3,(H,16,17)(H,18,19). The number of carboxylic acid groups (broad SMARTS) is 1. The Hall–Kier alpha value is -1.88. The number of rotatable bonds is 9. The van der Waals surface area contributed by atoms with Crippen molar-refractivity contribution in [2.24, 2.45) is 0 Å². The minimum Gasteiger partial charge on any atom is -0.481 e. The summed E-state index contributed by atoms with van der Waals surface area (Å²) in [5.41, 5.74) is 1.58. The van der Waals surface area contributed by atoms with Crippen LogP contribution in [-0.2, 0) is 20.7 Å². The number of hydrogen-bond donors (Lipinski definition) is 2. The molecule has 2 N–H and O–H groups in total. The summed E-state index contributed by atoms with van der Waals surface area (Å²) < 4.78 is 5.25. The van der Waals surface area contributed by atoms with Gasteiger partial charge >= 0.3 is 5.97 Å². The fourth-order valence-corrected chi connectivity index (χ4v) is 1.69. The molecule has 110 valence electrons. The van der Waals surface area contributed by atoms with E-state index >= 15 is 0 Å². The van der Waals surface area contributed by atoms with Crippen LogP contribution < -0.4 is 5.32 Å². The number of carbonyl (C=O) groups is 2. The highest BCUT2D eigenvalue weighted by Crippen LogP contribution is 2.12. The Kier molecular flexibility index (Phi) is 7.35. The molecule has 0 radical (unpaired) electrons. The number of ether oxygens (including phenoxy) is 1. The average molecular weight is 279 g/mol. The molecule has 0 bridgehead atoms. The van der Waals surface area contributed by atoms with Gasteiger partial charge in [-0.1, -0.05) is 19.1 Å².